The fourth-order valence-corrected chi connectivity index (χ4v) is 2.94. The van der Waals surface area contributed by atoms with Gasteiger partial charge in [0.15, 0.2) is 0 Å². The predicted octanol–water partition coefficient (Wildman–Crippen LogP) is 4.20. The lowest BCUT2D eigenvalue weighted by Crippen LogP contribution is -2.83. The molecule has 2 nitrogen and oxygen atoms in total. The highest BCUT2D eigenvalue weighted by molar-refractivity contribution is 6.30. The molecule has 3 heteroatoms. The van der Waals surface area contributed by atoms with Gasteiger partial charge in [0.2, 0.25) is 0 Å². The van der Waals surface area contributed by atoms with Gasteiger partial charge in [-0.1, -0.05) is 54.1 Å². The molecule has 0 amide bonds. The summed E-state index contributed by atoms with van der Waals surface area (Å²) in [6.45, 7) is 0.895. The van der Waals surface area contributed by atoms with E-state index >= 15 is 0 Å². The van der Waals surface area contributed by atoms with Crippen LogP contribution >= 0.6 is 11.6 Å². The van der Waals surface area contributed by atoms with Gasteiger partial charge in [0.05, 0.1) is 7.11 Å². The molecule has 3 aromatic carbocycles. The molecule has 0 aliphatic rings. The summed E-state index contributed by atoms with van der Waals surface area (Å²) in [6, 6.07) is 27.1. The minimum Gasteiger partial charge on any atom is -0.497 e. The smallest absolute Gasteiger partial charge is 0.138 e. The lowest BCUT2D eigenvalue weighted by atomic mass is 9.98. The fraction of sp³-hybridized carbons (Fsp3) is 0.143. The molecule has 3 rings (SSSR count). The average Bonchev–Trinajstić information content (AvgIpc) is 2.65. The van der Waals surface area contributed by atoms with Crippen LogP contribution in [0, 0.1) is 0 Å². The molecule has 0 aliphatic heterocycles. The number of hydrogen-bond donors (Lipinski definition) is 1. The molecule has 0 bridgehead atoms. The van der Waals surface area contributed by atoms with Crippen molar-refractivity contribution in [1.29, 1.82) is 0 Å². The minimum absolute atomic E-state index is 0.241. The molecule has 0 heterocycles. The van der Waals surface area contributed by atoms with Crippen LogP contribution in [0.5, 0.6) is 5.75 Å². The summed E-state index contributed by atoms with van der Waals surface area (Å²) >= 11 is 6.04. The van der Waals surface area contributed by atoms with Crippen molar-refractivity contribution in [3.05, 3.63) is 101 Å². The summed E-state index contributed by atoms with van der Waals surface area (Å²) in [7, 11) is 1.69. The summed E-state index contributed by atoms with van der Waals surface area (Å²) in [5.74, 6) is 0.885. The number of benzene rings is 3. The van der Waals surface area contributed by atoms with Crippen LogP contribution in [0.25, 0.3) is 0 Å². The second-order valence-electron chi connectivity index (χ2n) is 5.73. The van der Waals surface area contributed by atoms with Gasteiger partial charge >= 0.3 is 0 Å². The van der Waals surface area contributed by atoms with Gasteiger partial charge in [-0.3, -0.25) is 0 Å². The Labute approximate surface area is 148 Å². The van der Waals surface area contributed by atoms with Crippen LogP contribution in [0.3, 0.4) is 0 Å². The molecule has 2 N–H and O–H groups in total. The summed E-state index contributed by atoms with van der Waals surface area (Å²) in [5.41, 5.74) is 3.80. The maximum Gasteiger partial charge on any atom is 0.138 e. The zero-order valence-electron chi connectivity index (χ0n) is 13.7. The number of hydrogen-bond acceptors (Lipinski definition) is 1. The van der Waals surface area contributed by atoms with Crippen LogP contribution in [0.15, 0.2) is 78.9 Å². The third kappa shape index (κ3) is 4.16. The topological polar surface area (TPSA) is 25.8 Å². The standard InChI is InChI=1S/C21H20ClNO/c1-24-20-13-7-16(8-14-20)15-23-21(17-5-3-2-4-6-17)18-9-11-19(22)12-10-18/h2-14,21,23H,15H2,1H3/p+1/t21-/m1/s1. The number of rotatable bonds is 6. The van der Waals surface area contributed by atoms with Crippen molar-refractivity contribution >= 4 is 11.6 Å². The van der Waals surface area contributed by atoms with Crippen LogP contribution in [0.2, 0.25) is 5.02 Å². The molecule has 1 atom stereocenters. The van der Waals surface area contributed by atoms with E-state index in [0.717, 1.165) is 17.3 Å². The van der Waals surface area contributed by atoms with Crippen molar-refractivity contribution in [1.82, 2.24) is 0 Å². The summed E-state index contributed by atoms with van der Waals surface area (Å²) in [6.07, 6.45) is 0. The van der Waals surface area contributed by atoms with E-state index in [1.54, 1.807) is 7.11 Å². The van der Waals surface area contributed by atoms with Crippen molar-refractivity contribution in [3.63, 3.8) is 0 Å². The van der Waals surface area contributed by atoms with Gasteiger partial charge in [0.25, 0.3) is 0 Å². The van der Waals surface area contributed by atoms with Gasteiger partial charge in [-0.05, 0) is 36.4 Å². The van der Waals surface area contributed by atoms with Gasteiger partial charge in [-0.15, -0.1) is 0 Å². The molecule has 122 valence electrons. The van der Waals surface area contributed by atoms with Crippen molar-refractivity contribution in [2.75, 3.05) is 7.11 Å². The van der Waals surface area contributed by atoms with Crippen molar-refractivity contribution in [2.24, 2.45) is 0 Å². The largest absolute Gasteiger partial charge is 0.497 e. The molecule has 0 aromatic heterocycles. The molecule has 24 heavy (non-hydrogen) atoms. The highest BCUT2D eigenvalue weighted by Gasteiger charge is 2.17. The van der Waals surface area contributed by atoms with Gasteiger partial charge in [0, 0.05) is 21.7 Å². The van der Waals surface area contributed by atoms with Crippen molar-refractivity contribution < 1.29 is 10.1 Å². The molecule has 0 aliphatic carbocycles. The monoisotopic (exact) mass is 338 g/mol. The van der Waals surface area contributed by atoms with Crippen LogP contribution in [-0.2, 0) is 6.54 Å². The normalized spacial score (nSPS) is 11.9. The summed E-state index contributed by atoms with van der Waals surface area (Å²) in [4.78, 5) is 0. The molecule has 0 saturated heterocycles. The highest BCUT2D eigenvalue weighted by Crippen LogP contribution is 2.20. The highest BCUT2D eigenvalue weighted by atomic mass is 35.5. The quantitative estimate of drug-likeness (QED) is 0.716. The van der Waals surface area contributed by atoms with E-state index in [9.17, 15) is 0 Å². The number of ether oxygens (including phenoxy) is 1. The Bertz CT molecular complexity index is 754. The van der Waals surface area contributed by atoms with E-state index in [1.807, 2.05) is 30.3 Å². The Morgan fingerprint density at radius 2 is 1.46 bits per heavy atom. The van der Waals surface area contributed by atoms with E-state index in [1.165, 1.54) is 16.7 Å². The first-order valence-corrected chi connectivity index (χ1v) is 8.41. The second-order valence-corrected chi connectivity index (χ2v) is 6.16. The number of methoxy groups -OCH3 is 1. The van der Waals surface area contributed by atoms with Crippen LogP contribution in [-0.4, -0.2) is 7.11 Å². The molecule has 0 saturated carbocycles. The molecule has 0 fully saturated rings. The number of nitrogens with two attached hydrogens (primary N) is 1. The molecule has 0 unspecified atom stereocenters. The van der Waals surface area contributed by atoms with Crippen LogP contribution in [0.4, 0.5) is 0 Å². The predicted molar refractivity (Wildman–Crippen MR) is 98.4 cm³/mol. The number of quaternary nitrogens is 1. The van der Waals surface area contributed by atoms with Gasteiger partial charge in [-0.2, -0.15) is 0 Å². The summed E-state index contributed by atoms with van der Waals surface area (Å²) in [5, 5.41) is 3.11. The first-order valence-electron chi connectivity index (χ1n) is 8.03. The van der Waals surface area contributed by atoms with Crippen LogP contribution < -0.4 is 10.1 Å². The molecule has 3 aromatic rings. The third-order valence-corrected chi connectivity index (χ3v) is 4.39. The van der Waals surface area contributed by atoms with E-state index in [-0.39, 0.29) is 6.04 Å². The van der Waals surface area contributed by atoms with Gasteiger partial charge in [0.1, 0.15) is 18.3 Å². The van der Waals surface area contributed by atoms with E-state index in [4.69, 9.17) is 16.3 Å². The number of halogens is 1. The maximum absolute atomic E-state index is 6.04. The molecular weight excluding hydrogens is 318 g/mol. The Hall–Kier alpha value is -2.29. The first kappa shape index (κ1) is 16.6. The van der Waals surface area contributed by atoms with Crippen molar-refractivity contribution in [2.45, 2.75) is 12.6 Å². The van der Waals surface area contributed by atoms with Crippen LogP contribution in [0.1, 0.15) is 22.7 Å². The first-order chi connectivity index (χ1) is 11.8. The Balaban J connectivity index is 1.80. The molecule has 0 radical (unpaired) electrons. The van der Waals surface area contributed by atoms with Crippen molar-refractivity contribution in [3.8, 4) is 5.75 Å². The zero-order valence-corrected chi connectivity index (χ0v) is 14.4. The Morgan fingerprint density at radius 1 is 0.833 bits per heavy atom. The van der Waals surface area contributed by atoms with E-state index in [0.29, 0.717) is 0 Å². The van der Waals surface area contributed by atoms with Gasteiger partial charge < -0.3 is 10.1 Å². The third-order valence-electron chi connectivity index (χ3n) is 4.14. The fourth-order valence-electron chi connectivity index (χ4n) is 2.81. The van der Waals surface area contributed by atoms with E-state index < -0.39 is 0 Å². The average molecular weight is 339 g/mol. The molecule has 0 spiro atoms. The summed E-state index contributed by atoms with van der Waals surface area (Å²) < 4.78 is 5.22. The molecular formula is C21H21ClNO+. The second kappa shape index (κ2) is 8.00. The lowest BCUT2D eigenvalue weighted by Gasteiger charge is -2.17. The maximum atomic E-state index is 6.04. The van der Waals surface area contributed by atoms with E-state index in [2.05, 4.69) is 53.8 Å². The minimum atomic E-state index is 0.241. The Morgan fingerprint density at radius 3 is 2.08 bits per heavy atom. The zero-order chi connectivity index (χ0) is 16.8. The SMILES string of the molecule is COc1ccc(C[NH2+][C@H](c2ccccc2)c2ccc(Cl)cc2)cc1. The Kier molecular flexibility index (Phi) is 5.52. The lowest BCUT2D eigenvalue weighted by molar-refractivity contribution is -0.702. The van der Waals surface area contributed by atoms with Gasteiger partial charge in [-0.25, -0.2) is 0 Å².